The zero-order valence-electron chi connectivity index (χ0n) is 7.62. The van der Waals surface area contributed by atoms with Crippen LogP contribution in [0.25, 0.3) is 0 Å². The fraction of sp³-hybridized carbons (Fsp3) is 0.250. The van der Waals surface area contributed by atoms with Crippen molar-refractivity contribution in [1.82, 2.24) is 0 Å². The predicted octanol–water partition coefficient (Wildman–Crippen LogP) is 6.68. The lowest BCUT2D eigenvalue weighted by Gasteiger charge is -2.08. The van der Waals surface area contributed by atoms with Gasteiger partial charge in [-0.3, -0.25) is 0 Å². The van der Waals surface area contributed by atoms with E-state index in [0.717, 1.165) is 0 Å². The Kier molecular flexibility index (Phi) is 5.19. The highest BCUT2D eigenvalue weighted by Gasteiger charge is 2.30. The van der Waals surface area contributed by atoms with Crippen molar-refractivity contribution in [1.29, 1.82) is 0 Å². The first kappa shape index (κ1) is 13.7. The molecule has 0 aromatic rings. The molecule has 3 aliphatic rings. The molecule has 0 N–H and O–H groups in total. The molecule has 0 bridgehead atoms. The van der Waals surface area contributed by atoms with E-state index in [4.69, 9.17) is 0 Å². The van der Waals surface area contributed by atoms with E-state index in [0.29, 0.717) is 0 Å². The quantitative estimate of drug-likeness (QED) is 0.309. The van der Waals surface area contributed by atoms with Crippen molar-refractivity contribution in [2.45, 2.75) is 0 Å². The van der Waals surface area contributed by atoms with Gasteiger partial charge in [-0.15, -0.1) is 23.5 Å². The van der Waals surface area contributed by atoms with Crippen LogP contribution >= 0.6 is 116 Å². The highest BCUT2D eigenvalue weighted by Crippen LogP contribution is 2.65. The van der Waals surface area contributed by atoms with Crippen LogP contribution in [0.5, 0.6) is 0 Å². The van der Waals surface area contributed by atoms with Crippen LogP contribution in [0.1, 0.15) is 0 Å². The number of halogens is 2. The summed E-state index contributed by atoms with van der Waals surface area (Å²) in [5.74, 6) is 2.54. The second-order valence-electron chi connectivity index (χ2n) is 2.80. The van der Waals surface area contributed by atoms with Crippen LogP contribution in [0, 0.1) is 0 Å². The van der Waals surface area contributed by atoms with Crippen molar-refractivity contribution in [3.05, 3.63) is 22.8 Å². The molecule has 8 heteroatoms. The van der Waals surface area contributed by atoms with Crippen LogP contribution in [-0.4, -0.2) is 11.5 Å². The van der Waals surface area contributed by atoms with Crippen LogP contribution in [-0.2, 0) is 0 Å². The largest absolute Gasteiger partial charge is 0.116 e. The summed E-state index contributed by atoms with van der Waals surface area (Å²) < 4.78 is 8.93. The minimum atomic E-state index is 1.27. The van der Waals surface area contributed by atoms with E-state index < -0.39 is 0 Å². The summed E-state index contributed by atoms with van der Waals surface area (Å²) in [6, 6.07) is 0. The number of hydrogen-bond acceptors (Lipinski definition) is 6. The summed E-state index contributed by atoms with van der Waals surface area (Å²) in [5, 5.41) is 0. The zero-order chi connectivity index (χ0) is 11.1. The van der Waals surface area contributed by atoms with Crippen LogP contribution < -0.4 is 0 Å². The van der Waals surface area contributed by atoms with Gasteiger partial charge in [0.15, 0.2) is 0 Å². The third-order valence-corrected chi connectivity index (χ3v) is 14.4. The van der Waals surface area contributed by atoms with Gasteiger partial charge in [-0.25, -0.2) is 0 Å². The van der Waals surface area contributed by atoms with E-state index in [1.54, 1.807) is 8.47 Å². The highest BCUT2D eigenvalue weighted by molar-refractivity contribution is 14.1. The summed E-state index contributed by atoms with van der Waals surface area (Å²) >= 11 is 16.8. The minimum Gasteiger partial charge on any atom is -0.116 e. The van der Waals surface area contributed by atoms with Gasteiger partial charge < -0.3 is 0 Å². The van der Waals surface area contributed by atoms with E-state index in [2.05, 4.69) is 45.2 Å². The average Bonchev–Trinajstić information content (AvgIpc) is 2.83. The van der Waals surface area contributed by atoms with Gasteiger partial charge in [0, 0.05) is 11.5 Å². The third kappa shape index (κ3) is 2.93. The normalized spacial score (nSPS) is 25.9. The molecule has 0 aliphatic carbocycles. The molecule has 3 heterocycles. The number of thioether (sulfide) groups is 6. The second-order valence-corrected chi connectivity index (χ2v) is 13.8. The number of hydrogen-bond donors (Lipinski definition) is 0. The van der Waals surface area contributed by atoms with Crippen molar-refractivity contribution < 1.29 is 0 Å². The van der Waals surface area contributed by atoms with Gasteiger partial charge in [0.2, 0.25) is 0 Å². The van der Waals surface area contributed by atoms with Crippen molar-refractivity contribution in [2.75, 3.05) is 11.5 Å². The zero-order valence-corrected chi connectivity index (χ0v) is 16.8. The summed E-state index contributed by atoms with van der Waals surface area (Å²) in [4.78, 5) is 0. The molecule has 0 saturated heterocycles. The molecule has 0 nitrogen and oxygen atoms in total. The van der Waals surface area contributed by atoms with Gasteiger partial charge in [-0.05, 0) is 45.2 Å². The first-order valence-corrected chi connectivity index (χ1v) is 11.6. The Morgan fingerprint density at radius 2 is 1.06 bits per heavy atom. The molecule has 3 aliphatic heterocycles. The molecule has 0 unspecified atom stereocenters. The molecule has 0 spiro atoms. The Morgan fingerprint density at radius 1 is 0.625 bits per heavy atom. The smallest absolute Gasteiger partial charge is 0.0717 e. The van der Waals surface area contributed by atoms with E-state index in [-0.39, 0.29) is 0 Å². The van der Waals surface area contributed by atoms with E-state index >= 15 is 0 Å². The van der Waals surface area contributed by atoms with E-state index in [1.165, 1.54) is 25.8 Å². The lowest BCUT2D eigenvalue weighted by atomic mass is 11.0. The Balaban J connectivity index is 1.79. The molecular formula is C8H4I2S6. The minimum absolute atomic E-state index is 1.27. The molecule has 0 aromatic heterocycles. The van der Waals surface area contributed by atoms with Crippen LogP contribution in [0.2, 0.25) is 0 Å². The van der Waals surface area contributed by atoms with Gasteiger partial charge in [0.05, 0.1) is 22.8 Å². The van der Waals surface area contributed by atoms with Gasteiger partial charge in [0.25, 0.3) is 0 Å². The van der Waals surface area contributed by atoms with Crippen molar-refractivity contribution in [3.63, 3.8) is 0 Å². The lowest BCUT2D eigenvalue weighted by molar-refractivity contribution is 1.56. The molecular weight excluding hydrogens is 542 g/mol. The van der Waals surface area contributed by atoms with Crippen LogP contribution in [0.15, 0.2) is 22.8 Å². The molecule has 0 atom stereocenters. The van der Waals surface area contributed by atoms with Crippen molar-refractivity contribution in [3.8, 4) is 0 Å². The van der Waals surface area contributed by atoms with E-state index in [9.17, 15) is 0 Å². The summed E-state index contributed by atoms with van der Waals surface area (Å²) in [5.41, 5.74) is 0. The maximum atomic E-state index is 2.44. The van der Waals surface area contributed by atoms with E-state index in [1.807, 2.05) is 70.6 Å². The van der Waals surface area contributed by atoms with Gasteiger partial charge in [-0.1, -0.05) is 47.0 Å². The predicted molar refractivity (Wildman–Crippen MR) is 104 cm³/mol. The molecule has 86 valence electrons. The molecule has 3 rings (SSSR count). The first-order chi connectivity index (χ1) is 7.74. The maximum absolute atomic E-state index is 2.44. The Morgan fingerprint density at radius 3 is 1.56 bits per heavy atom. The van der Waals surface area contributed by atoms with Gasteiger partial charge in [-0.2, -0.15) is 0 Å². The van der Waals surface area contributed by atoms with Gasteiger partial charge in [0.1, 0.15) is 0 Å². The Hall–Kier alpha value is 2.78. The fourth-order valence-electron chi connectivity index (χ4n) is 1.15. The van der Waals surface area contributed by atoms with Crippen LogP contribution in [0.3, 0.4) is 0 Å². The Bertz CT molecular complexity index is 402. The van der Waals surface area contributed by atoms with Gasteiger partial charge >= 0.3 is 0 Å². The maximum Gasteiger partial charge on any atom is 0.0717 e. The highest BCUT2D eigenvalue weighted by atomic mass is 127. The third-order valence-electron chi connectivity index (χ3n) is 1.77. The Labute approximate surface area is 147 Å². The monoisotopic (exact) mass is 546 g/mol. The van der Waals surface area contributed by atoms with Crippen molar-refractivity contribution in [2.24, 2.45) is 0 Å². The topological polar surface area (TPSA) is 0 Å². The van der Waals surface area contributed by atoms with Crippen molar-refractivity contribution >= 4 is 116 Å². The molecule has 0 saturated carbocycles. The summed E-state index contributed by atoms with van der Waals surface area (Å²) in [6.45, 7) is 0. The molecule has 0 fully saturated rings. The van der Waals surface area contributed by atoms with Crippen LogP contribution in [0.4, 0.5) is 0 Å². The fourth-order valence-corrected chi connectivity index (χ4v) is 12.2. The molecule has 0 aromatic carbocycles. The second kappa shape index (κ2) is 6.04. The molecule has 0 radical (unpaired) electrons. The molecule has 0 amide bonds. The average molecular weight is 546 g/mol. The standard InChI is InChI=1S/C8H4I2S6/c9-3-4(10)14-7(13-3)8-15-5-6(16-8)12-2-1-11-5/h1-2H2. The summed E-state index contributed by atoms with van der Waals surface area (Å²) in [6.07, 6.45) is 0. The SMILES string of the molecule is IC1=C(I)SC(=C2SC3=C(SCCS3)S2)S1. The molecule has 16 heavy (non-hydrogen) atoms. The lowest BCUT2D eigenvalue weighted by Crippen LogP contribution is -1.88. The summed E-state index contributed by atoms with van der Waals surface area (Å²) in [7, 11) is 0. The first-order valence-electron chi connectivity index (χ1n) is 4.25. The number of rotatable bonds is 0.